The summed E-state index contributed by atoms with van der Waals surface area (Å²) in [5.41, 5.74) is 1.17. The molecule has 84 valence electrons. The van der Waals surface area contributed by atoms with Crippen LogP contribution in [0.4, 0.5) is 0 Å². The number of quaternary nitrogens is 2. The Labute approximate surface area is 92.5 Å². The number of rotatable bonds is 7. The lowest BCUT2D eigenvalue weighted by atomic mass is 10.3. The molecule has 1 aromatic heterocycles. The second kappa shape index (κ2) is 7.37. The van der Waals surface area contributed by atoms with Crippen LogP contribution in [0.25, 0.3) is 0 Å². The van der Waals surface area contributed by atoms with E-state index in [0.717, 1.165) is 6.54 Å². The van der Waals surface area contributed by atoms with E-state index in [4.69, 9.17) is 0 Å². The van der Waals surface area contributed by atoms with E-state index in [1.165, 1.54) is 31.9 Å². The van der Waals surface area contributed by atoms with E-state index < -0.39 is 0 Å². The molecule has 0 aliphatic carbocycles. The minimum Gasteiger partial charge on any atom is -0.337 e. The summed E-state index contributed by atoms with van der Waals surface area (Å²) in [7, 11) is 0. The predicted molar refractivity (Wildman–Crippen MR) is 61.6 cm³/mol. The molecule has 0 bridgehead atoms. The van der Waals surface area contributed by atoms with Crippen LogP contribution in [0.5, 0.6) is 0 Å². The lowest BCUT2D eigenvalue weighted by Crippen LogP contribution is -3.14. The minimum atomic E-state index is 1.00. The van der Waals surface area contributed by atoms with Crippen molar-refractivity contribution in [2.24, 2.45) is 0 Å². The Bertz CT molecular complexity index is 244. The summed E-state index contributed by atoms with van der Waals surface area (Å²) in [5, 5.41) is 2.34. The molecule has 0 atom stereocenters. The van der Waals surface area contributed by atoms with Gasteiger partial charge in [-0.1, -0.05) is 6.07 Å². The van der Waals surface area contributed by atoms with Gasteiger partial charge in [-0.05, 0) is 26.0 Å². The first-order valence-electron chi connectivity index (χ1n) is 5.92. The van der Waals surface area contributed by atoms with E-state index in [2.05, 4.69) is 30.2 Å². The monoisotopic (exact) mass is 209 g/mol. The Kier molecular flexibility index (Phi) is 5.97. The fraction of sp³-hybridized carbons (Fsp3) is 0.583. The first-order chi connectivity index (χ1) is 7.36. The van der Waals surface area contributed by atoms with Gasteiger partial charge in [0, 0.05) is 6.20 Å². The van der Waals surface area contributed by atoms with Crippen molar-refractivity contribution in [1.82, 2.24) is 4.98 Å². The Hall–Kier alpha value is -0.930. The van der Waals surface area contributed by atoms with Crippen molar-refractivity contribution in [1.29, 1.82) is 0 Å². The van der Waals surface area contributed by atoms with Crippen LogP contribution in [0.1, 0.15) is 19.5 Å². The van der Waals surface area contributed by atoms with Crippen LogP contribution in [-0.4, -0.2) is 31.2 Å². The molecule has 3 N–H and O–H groups in total. The highest BCUT2D eigenvalue weighted by Gasteiger charge is 2.03. The van der Waals surface area contributed by atoms with Gasteiger partial charge in [-0.2, -0.15) is 0 Å². The zero-order valence-electron chi connectivity index (χ0n) is 9.87. The molecule has 0 aliphatic heterocycles. The average molecular weight is 209 g/mol. The molecule has 0 fully saturated rings. The molecule has 15 heavy (non-hydrogen) atoms. The second-order valence-corrected chi connectivity index (χ2v) is 3.81. The molecule has 0 radical (unpaired) electrons. The molecule has 0 saturated carbocycles. The van der Waals surface area contributed by atoms with E-state index in [1.54, 1.807) is 4.90 Å². The van der Waals surface area contributed by atoms with Crippen LogP contribution in [-0.2, 0) is 6.54 Å². The summed E-state index contributed by atoms with van der Waals surface area (Å²) in [4.78, 5) is 5.97. The third-order valence-electron chi connectivity index (χ3n) is 2.78. The number of nitrogens with two attached hydrogens (primary N) is 1. The van der Waals surface area contributed by atoms with Crippen LogP contribution >= 0.6 is 0 Å². The summed E-state index contributed by atoms with van der Waals surface area (Å²) < 4.78 is 0. The SMILES string of the molecule is CC[NH+](CC)CC[NH2+]Cc1ccccn1. The van der Waals surface area contributed by atoms with Gasteiger partial charge in [0.2, 0.25) is 0 Å². The maximum Gasteiger partial charge on any atom is 0.127 e. The summed E-state index contributed by atoms with van der Waals surface area (Å²) in [5.74, 6) is 0. The topological polar surface area (TPSA) is 33.9 Å². The van der Waals surface area contributed by atoms with Gasteiger partial charge in [0.15, 0.2) is 0 Å². The van der Waals surface area contributed by atoms with E-state index in [9.17, 15) is 0 Å². The molecular formula is C12H23N3+2. The zero-order chi connectivity index (χ0) is 10.9. The normalized spacial score (nSPS) is 10.9. The maximum absolute atomic E-state index is 4.30. The number of likely N-dealkylation sites (N-methyl/N-ethyl adjacent to an activating group) is 1. The molecule has 0 aliphatic rings. The van der Waals surface area contributed by atoms with Crippen molar-refractivity contribution >= 4 is 0 Å². The first-order valence-corrected chi connectivity index (χ1v) is 5.92. The average Bonchev–Trinajstić information content (AvgIpc) is 2.31. The van der Waals surface area contributed by atoms with E-state index in [1.807, 2.05) is 18.3 Å². The Morgan fingerprint density at radius 2 is 2.07 bits per heavy atom. The number of pyridine rings is 1. The minimum absolute atomic E-state index is 1.00. The summed E-state index contributed by atoms with van der Waals surface area (Å²) >= 11 is 0. The fourth-order valence-corrected chi connectivity index (χ4v) is 1.68. The second-order valence-electron chi connectivity index (χ2n) is 3.81. The Morgan fingerprint density at radius 3 is 2.67 bits per heavy atom. The summed E-state index contributed by atoms with van der Waals surface area (Å²) in [6, 6.07) is 6.09. The summed E-state index contributed by atoms with van der Waals surface area (Å²) in [6.07, 6.45) is 1.86. The smallest absolute Gasteiger partial charge is 0.127 e. The highest BCUT2D eigenvalue weighted by Crippen LogP contribution is 1.87. The maximum atomic E-state index is 4.30. The van der Waals surface area contributed by atoms with Crippen LogP contribution in [0, 0.1) is 0 Å². The van der Waals surface area contributed by atoms with Gasteiger partial charge >= 0.3 is 0 Å². The van der Waals surface area contributed by atoms with Crippen molar-refractivity contribution in [3.8, 4) is 0 Å². The van der Waals surface area contributed by atoms with Gasteiger partial charge in [0.25, 0.3) is 0 Å². The number of nitrogens with one attached hydrogen (secondary N) is 1. The standard InChI is InChI=1S/C12H21N3/c1-3-15(4-2)10-9-13-11-12-7-5-6-8-14-12/h5-8,13H,3-4,9-11H2,1-2H3/p+2. The van der Waals surface area contributed by atoms with E-state index in [0.29, 0.717) is 0 Å². The Balaban J connectivity index is 2.12. The molecule has 0 spiro atoms. The van der Waals surface area contributed by atoms with Crippen LogP contribution in [0.15, 0.2) is 24.4 Å². The molecule has 3 nitrogen and oxygen atoms in total. The van der Waals surface area contributed by atoms with Gasteiger partial charge in [-0.3, -0.25) is 4.98 Å². The molecule has 3 heteroatoms. The predicted octanol–water partition coefficient (Wildman–Crippen LogP) is -0.930. The van der Waals surface area contributed by atoms with Crippen molar-refractivity contribution < 1.29 is 10.2 Å². The van der Waals surface area contributed by atoms with Crippen LogP contribution in [0.2, 0.25) is 0 Å². The zero-order valence-corrected chi connectivity index (χ0v) is 9.87. The van der Waals surface area contributed by atoms with Crippen molar-refractivity contribution in [3.05, 3.63) is 30.1 Å². The van der Waals surface area contributed by atoms with Crippen LogP contribution < -0.4 is 10.2 Å². The molecular weight excluding hydrogens is 186 g/mol. The molecule has 0 aromatic carbocycles. The molecule has 0 amide bonds. The molecule has 1 heterocycles. The van der Waals surface area contributed by atoms with Gasteiger partial charge < -0.3 is 10.2 Å². The largest absolute Gasteiger partial charge is 0.337 e. The number of nitrogens with zero attached hydrogens (tertiary/aromatic N) is 1. The van der Waals surface area contributed by atoms with Gasteiger partial charge in [0.05, 0.1) is 18.8 Å². The highest BCUT2D eigenvalue weighted by atomic mass is 15.1. The highest BCUT2D eigenvalue weighted by molar-refractivity contribution is 5.01. The third kappa shape index (κ3) is 4.91. The Morgan fingerprint density at radius 1 is 1.27 bits per heavy atom. The first kappa shape index (κ1) is 12.1. The lowest BCUT2D eigenvalue weighted by molar-refractivity contribution is -0.910. The third-order valence-corrected chi connectivity index (χ3v) is 2.78. The number of hydrogen-bond donors (Lipinski definition) is 2. The van der Waals surface area contributed by atoms with Gasteiger partial charge in [0.1, 0.15) is 19.6 Å². The quantitative estimate of drug-likeness (QED) is 0.559. The number of hydrogen-bond acceptors (Lipinski definition) is 1. The van der Waals surface area contributed by atoms with Gasteiger partial charge in [-0.15, -0.1) is 0 Å². The molecule has 1 rings (SSSR count). The van der Waals surface area contributed by atoms with Crippen molar-refractivity contribution in [2.45, 2.75) is 20.4 Å². The molecule has 0 saturated heterocycles. The fourth-order valence-electron chi connectivity index (χ4n) is 1.68. The van der Waals surface area contributed by atoms with Crippen LogP contribution in [0.3, 0.4) is 0 Å². The number of aromatic nitrogens is 1. The molecule has 0 unspecified atom stereocenters. The van der Waals surface area contributed by atoms with E-state index >= 15 is 0 Å². The summed E-state index contributed by atoms with van der Waals surface area (Å²) in [6.45, 7) is 10.4. The van der Waals surface area contributed by atoms with E-state index in [-0.39, 0.29) is 0 Å². The van der Waals surface area contributed by atoms with Gasteiger partial charge in [-0.25, -0.2) is 0 Å². The van der Waals surface area contributed by atoms with Crippen molar-refractivity contribution in [3.63, 3.8) is 0 Å². The molecule has 1 aromatic rings. The lowest BCUT2D eigenvalue weighted by Gasteiger charge is -2.13. The van der Waals surface area contributed by atoms with Crippen molar-refractivity contribution in [2.75, 3.05) is 26.2 Å².